The minimum atomic E-state index is -6.60. The number of likely N-dealkylation sites (N-methyl/N-ethyl adjacent to an activating group) is 1. The first-order valence-electron chi connectivity index (χ1n) is 9.30. The molecule has 1 amide bonds. The van der Waals surface area contributed by atoms with E-state index in [4.69, 9.17) is 0 Å². The molecule has 0 aliphatic rings. The molecule has 0 radical (unpaired) electrons. The van der Waals surface area contributed by atoms with Crippen LogP contribution in [0.2, 0.25) is 0 Å². The largest absolute Gasteiger partial charge is 0.465 e. The fraction of sp³-hybridized carbons (Fsp3) is 0.500. The molecule has 0 aliphatic heterocycles. The van der Waals surface area contributed by atoms with E-state index in [0.717, 1.165) is 0 Å². The number of carbonyl (C=O) groups is 3. The van der Waals surface area contributed by atoms with Crippen molar-refractivity contribution in [1.29, 1.82) is 0 Å². The molecular formula is C18H10F15NO5. The van der Waals surface area contributed by atoms with Crippen molar-refractivity contribution in [3.8, 4) is 5.75 Å². The maximum atomic E-state index is 13.3. The van der Waals surface area contributed by atoms with Gasteiger partial charge in [-0.1, -0.05) is 12.1 Å². The van der Waals surface area contributed by atoms with Gasteiger partial charge in [-0.2, -0.15) is 65.9 Å². The first-order valence-corrected chi connectivity index (χ1v) is 9.30. The molecule has 0 bridgehead atoms. The number of esters is 2. The summed E-state index contributed by atoms with van der Waals surface area (Å²) >= 11 is 0. The van der Waals surface area contributed by atoms with Crippen LogP contribution in [0.4, 0.5) is 65.9 Å². The number of nitrogens with zero attached hydrogens (tertiary/aromatic N) is 1. The summed E-state index contributed by atoms with van der Waals surface area (Å²) in [4.78, 5) is 33.5. The maximum absolute atomic E-state index is 13.3. The third kappa shape index (κ3) is 7.16. The second kappa shape index (κ2) is 10.6. The van der Waals surface area contributed by atoms with E-state index in [-0.39, 0.29) is 19.2 Å². The van der Waals surface area contributed by atoms with E-state index in [1.165, 1.54) is 0 Å². The van der Waals surface area contributed by atoms with E-state index in [2.05, 4.69) is 9.47 Å². The number of rotatable bonds is 8. The molecule has 1 aromatic rings. The lowest BCUT2D eigenvalue weighted by atomic mass is 10.1. The molecule has 6 nitrogen and oxygen atoms in total. The Labute approximate surface area is 205 Å². The van der Waals surface area contributed by atoms with E-state index in [1.54, 1.807) is 0 Å². The van der Waals surface area contributed by atoms with E-state index in [0.29, 0.717) is 12.1 Å². The summed E-state index contributed by atoms with van der Waals surface area (Å²) in [5.41, 5.74) is -0.918. The van der Waals surface area contributed by atoms with Gasteiger partial charge in [-0.15, -0.1) is 0 Å². The summed E-state index contributed by atoms with van der Waals surface area (Å²) in [5.74, 6) is -29.3. The molecule has 0 aromatic heterocycles. The van der Waals surface area contributed by atoms with Crippen LogP contribution in [0.15, 0.2) is 24.3 Å². The minimum absolute atomic E-state index is 0.167. The highest BCUT2D eigenvalue weighted by Crippen LogP contribution is 2.40. The molecule has 0 spiro atoms. The van der Waals surface area contributed by atoms with Crippen molar-refractivity contribution in [3.63, 3.8) is 0 Å². The van der Waals surface area contributed by atoms with Gasteiger partial charge in [0.1, 0.15) is 11.9 Å². The molecule has 0 N–H and O–H groups in total. The zero-order valence-electron chi connectivity index (χ0n) is 18.3. The van der Waals surface area contributed by atoms with Crippen molar-refractivity contribution in [1.82, 2.24) is 4.90 Å². The van der Waals surface area contributed by atoms with E-state index >= 15 is 0 Å². The van der Waals surface area contributed by atoms with Crippen molar-refractivity contribution in [3.05, 3.63) is 29.8 Å². The summed E-state index contributed by atoms with van der Waals surface area (Å²) < 4.78 is 198. The molecule has 1 rings (SSSR count). The minimum Gasteiger partial charge on any atom is -0.451 e. The van der Waals surface area contributed by atoms with Crippen molar-refractivity contribution < 1.29 is 89.7 Å². The van der Waals surface area contributed by atoms with Crippen LogP contribution in [-0.2, 0) is 19.1 Å². The SMILES string of the molecule is CN(CC(OC(=O)C(F)(F)C(F)(F)F)c1ccc(OC(=O)C(F)(F)C(F)(F)F)cc1)C(=O)C(F)(F)C(F)(F)F. The Morgan fingerprint density at radius 1 is 0.667 bits per heavy atom. The second-order valence-electron chi connectivity index (χ2n) is 7.25. The highest BCUT2D eigenvalue weighted by atomic mass is 19.4. The third-order valence-electron chi connectivity index (χ3n) is 4.35. The lowest BCUT2D eigenvalue weighted by Crippen LogP contribution is -2.52. The van der Waals surface area contributed by atoms with Gasteiger partial charge in [0.2, 0.25) is 0 Å². The van der Waals surface area contributed by atoms with Gasteiger partial charge in [0, 0.05) is 7.05 Å². The highest BCUT2D eigenvalue weighted by molar-refractivity contribution is 5.84. The fourth-order valence-electron chi connectivity index (χ4n) is 2.26. The maximum Gasteiger partial charge on any atom is 0.465 e. The average Bonchev–Trinajstić information content (AvgIpc) is 2.75. The summed E-state index contributed by atoms with van der Waals surface area (Å²) in [6.07, 6.45) is -22.2. The molecule has 0 saturated heterocycles. The number of halogens is 15. The standard InChI is InChI=1S/C18H10F15NO5/c1-34(10(35)13(19,20)16(25,26)27)6-9(39-12(37)15(23,24)18(31,32)33)7-2-4-8(5-3-7)38-11(36)14(21,22)17(28,29)30/h2-5,9H,6H2,1H3. The molecule has 0 saturated carbocycles. The molecule has 0 fully saturated rings. The topological polar surface area (TPSA) is 72.9 Å². The Morgan fingerprint density at radius 3 is 1.44 bits per heavy atom. The Bertz CT molecular complexity index is 1060. The van der Waals surface area contributed by atoms with Crippen LogP contribution >= 0.6 is 0 Å². The van der Waals surface area contributed by atoms with Crippen LogP contribution in [0, 0.1) is 0 Å². The van der Waals surface area contributed by atoms with Gasteiger partial charge in [-0.25, -0.2) is 9.59 Å². The molecule has 1 atom stereocenters. The first kappa shape index (κ1) is 33.6. The summed E-state index contributed by atoms with van der Waals surface area (Å²) in [6, 6.07) is 1.21. The van der Waals surface area contributed by atoms with Gasteiger partial charge in [-0.05, 0) is 17.7 Å². The predicted octanol–water partition coefficient (Wildman–Crippen LogP) is 5.23. The summed E-state index contributed by atoms with van der Waals surface area (Å²) in [5, 5.41) is 0. The molecule has 222 valence electrons. The Morgan fingerprint density at radius 2 is 1.05 bits per heavy atom. The molecule has 0 aliphatic carbocycles. The van der Waals surface area contributed by atoms with Crippen molar-refractivity contribution in [2.24, 2.45) is 0 Å². The van der Waals surface area contributed by atoms with Gasteiger partial charge in [-0.3, -0.25) is 4.79 Å². The summed E-state index contributed by atoms with van der Waals surface area (Å²) in [7, 11) is 0.167. The van der Waals surface area contributed by atoms with Crippen LogP contribution in [0.5, 0.6) is 5.75 Å². The third-order valence-corrected chi connectivity index (χ3v) is 4.35. The normalized spacial score (nSPS) is 14.5. The number of hydrogen-bond donors (Lipinski definition) is 0. The summed E-state index contributed by atoms with van der Waals surface area (Å²) in [6.45, 7) is -1.75. The van der Waals surface area contributed by atoms with Crippen LogP contribution < -0.4 is 4.74 Å². The Hall–Kier alpha value is -3.42. The number of ether oxygens (including phenoxy) is 2. The number of hydrogen-bond acceptors (Lipinski definition) is 5. The fourth-order valence-corrected chi connectivity index (χ4v) is 2.26. The van der Waals surface area contributed by atoms with Gasteiger partial charge >= 0.3 is 54.1 Å². The molecule has 0 heterocycles. The van der Waals surface area contributed by atoms with E-state index in [1.807, 2.05) is 0 Å². The van der Waals surface area contributed by atoms with Crippen molar-refractivity contribution in [2.45, 2.75) is 42.4 Å². The second-order valence-corrected chi connectivity index (χ2v) is 7.25. The van der Waals surface area contributed by atoms with E-state index < -0.39 is 83.0 Å². The van der Waals surface area contributed by atoms with Crippen LogP contribution in [-0.4, -0.2) is 72.6 Å². The number of benzene rings is 1. The lowest BCUT2D eigenvalue weighted by molar-refractivity contribution is -0.283. The van der Waals surface area contributed by atoms with Gasteiger partial charge < -0.3 is 14.4 Å². The molecule has 1 unspecified atom stereocenters. The number of carbonyl (C=O) groups excluding carboxylic acids is 3. The monoisotopic (exact) mass is 605 g/mol. The zero-order chi connectivity index (χ0) is 31.0. The number of alkyl halides is 15. The lowest BCUT2D eigenvalue weighted by Gasteiger charge is -2.29. The first-order chi connectivity index (χ1) is 17.2. The molecular weight excluding hydrogens is 595 g/mol. The smallest absolute Gasteiger partial charge is 0.451 e. The van der Waals surface area contributed by atoms with Crippen LogP contribution in [0.25, 0.3) is 0 Å². The average molecular weight is 605 g/mol. The molecule has 1 aromatic carbocycles. The predicted molar refractivity (Wildman–Crippen MR) is 91.6 cm³/mol. The van der Waals surface area contributed by atoms with Gasteiger partial charge in [0.15, 0.2) is 0 Å². The zero-order valence-corrected chi connectivity index (χ0v) is 18.3. The number of amides is 1. The van der Waals surface area contributed by atoms with E-state index in [9.17, 15) is 80.2 Å². The van der Waals surface area contributed by atoms with Crippen molar-refractivity contribution >= 4 is 17.8 Å². The molecule has 21 heteroatoms. The van der Waals surface area contributed by atoms with Gasteiger partial charge in [0.05, 0.1) is 6.54 Å². The van der Waals surface area contributed by atoms with Gasteiger partial charge in [0.25, 0.3) is 0 Å². The molecule has 39 heavy (non-hydrogen) atoms. The Balaban J connectivity index is 3.36. The Kier molecular flexibility index (Phi) is 9.16. The van der Waals surface area contributed by atoms with Crippen LogP contribution in [0.1, 0.15) is 11.7 Å². The van der Waals surface area contributed by atoms with Crippen molar-refractivity contribution in [2.75, 3.05) is 13.6 Å². The highest BCUT2D eigenvalue weighted by Gasteiger charge is 2.67. The van der Waals surface area contributed by atoms with Crippen LogP contribution in [0.3, 0.4) is 0 Å². The quantitative estimate of drug-likeness (QED) is 0.231.